The third-order valence-electron chi connectivity index (χ3n) is 5.26. The average Bonchev–Trinajstić information content (AvgIpc) is 2.94. The number of nitrogens with one attached hydrogen (secondary N) is 1. The molecule has 2 aromatic heterocycles. The van der Waals surface area contributed by atoms with E-state index in [9.17, 15) is 18.0 Å². The molecule has 0 radical (unpaired) electrons. The number of amides is 1. The zero-order chi connectivity index (χ0) is 23.1. The van der Waals surface area contributed by atoms with Gasteiger partial charge in [0.15, 0.2) is 5.65 Å². The molecule has 5 nitrogen and oxygen atoms in total. The van der Waals surface area contributed by atoms with Crippen LogP contribution in [0.3, 0.4) is 0 Å². The van der Waals surface area contributed by atoms with Gasteiger partial charge in [0.2, 0.25) is 5.91 Å². The van der Waals surface area contributed by atoms with Crippen molar-refractivity contribution in [1.29, 1.82) is 0 Å². The third-order valence-corrected chi connectivity index (χ3v) is 5.26. The van der Waals surface area contributed by atoms with Crippen molar-refractivity contribution in [2.45, 2.75) is 65.7 Å². The topological polar surface area (TPSA) is 59.8 Å². The minimum absolute atomic E-state index is 0.0322. The summed E-state index contributed by atoms with van der Waals surface area (Å²) in [4.78, 5) is 16.8. The van der Waals surface area contributed by atoms with Crippen LogP contribution in [0.25, 0.3) is 11.0 Å². The lowest BCUT2D eigenvalue weighted by atomic mass is 9.86. The molecule has 0 aliphatic rings. The first-order valence-corrected chi connectivity index (χ1v) is 10.1. The number of carbonyl (C=O) groups is 1. The number of halogens is 3. The van der Waals surface area contributed by atoms with Crippen LogP contribution in [0.15, 0.2) is 30.3 Å². The molecule has 3 aromatic rings. The molecule has 0 spiro atoms. The second-order valence-electron chi connectivity index (χ2n) is 8.91. The largest absolute Gasteiger partial charge is 0.417 e. The highest BCUT2D eigenvalue weighted by atomic mass is 19.4. The van der Waals surface area contributed by atoms with Gasteiger partial charge >= 0.3 is 6.18 Å². The number of aryl methyl sites for hydroxylation is 2. The minimum Gasteiger partial charge on any atom is -0.348 e. The third kappa shape index (κ3) is 4.89. The summed E-state index contributed by atoms with van der Waals surface area (Å²) in [5, 5.41) is 6.97. The number of pyridine rings is 1. The highest BCUT2D eigenvalue weighted by Crippen LogP contribution is 2.36. The van der Waals surface area contributed by atoms with E-state index in [4.69, 9.17) is 0 Å². The Hall–Kier alpha value is -2.90. The lowest BCUT2D eigenvalue weighted by molar-refractivity contribution is -0.136. The first-order chi connectivity index (χ1) is 14.3. The van der Waals surface area contributed by atoms with E-state index < -0.39 is 11.7 Å². The van der Waals surface area contributed by atoms with E-state index in [0.717, 1.165) is 11.6 Å². The van der Waals surface area contributed by atoms with Crippen molar-refractivity contribution in [2.75, 3.05) is 0 Å². The second kappa shape index (κ2) is 7.98. The fourth-order valence-electron chi connectivity index (χ4n) is 3.59. The molecule has 0 bridgehead atoms. The molecular formula is C23H27F3N4O. The molecule has 166 valence electrons. The molecular weight excluding hydrogens is 405 g/mol. The van der Waals surface area contributed by atoms with Crippen molar-refractivity contribution in [1.82, 2.24) is 20.1 Å². The fourth-order valence-corrected chi connectivity index (χ4v) is 3.59. The number of alkyl halides is 3. The Morgan fingerprint density at radius 2 is 1.74 bits per heavy atom. The van der Waals surface area contributed by atoms with Crippen molar-refractivity contribution in [2.24, 2.45) is 0 Å². The number of rotatable bonds is 4. The standard InChI is InChI=1S/C23H27F3N4O/c1-13-11-18(23(24,25)26)20-15(3)29-30(21(20)27-13)12-19(31)28-14(2)16-7-9-17(10-8-16)22(4,5)6/h7-11,14H,12H2,1-6H3,(H,28,31). The summed E-state index contributed by atoms with van der Waals surface area (Å²) in [5.74, 6) is -0.353. The van der Waals surface area contributed by atoms with E-state index in [2.05, 4.69) is 36.2 Å². The summed E-state index contributed by atoms with van der Waals surface area (Å²) >= 11 is 0. The molecule has 1 atom stereocenters. The second-order valence-corrected chi connectivity index (χ2v) is 8.91. The summed E-state index contributed by atoms with van der Waals surface area (Å²) in [6.45, 7) is 11.0. The van der Waals surface area contributed by atoms with Crippen LogP contribution in [0.2, 0.25) is 0 Å². The quantitative estimate of drug-likeness (QED) is 0.613. The van der Waals surface area contributed by atoms with Crippen molar-refractivity contribution in [3.8, 4) is 0 Å². The Labute approximate surface area is 179 Å². The van der Waals surface area contributed by atoms with Crippen LogP contribution in [-0.4, -0.2) is 20.7 Å². The highest BCUT2D eigenvalue weighted by molar-refractivity contribution is 5.85. The number of carbonyl (C=O) groups excluding carboxylic acids is 1. The molecule has 0 saturated carbocycles. The molecule has 1 aromatic carbocycles. The maximum Gasteiger partial charge on any atom is 0.417 e. The zero-order valence-electron chi connectivity index (χ0n) is 18.6. The number of benzene rings is 1. The van der Waals surface area contributed by atoms with Gasteiger partial charge < -0.3 is 5.32 Å². The molecule has 1 N–H and O–H groups in total. The summed E-state index contributed by atoms with van der Waals surface area (Å²) in [7, 11) is 0. The van der Waals surface area contributed by atoms with E-state index in [1.807, 2.05) is 31.2 Å². The Bertz CT molecular complexity index is 1110. The fraction of sp³-hybridized carbons (Fsp3) is 0.435. The Morgan fingerprint density at radius 3 is 2.29 bits per heavy atom. The normalized spacial score (nSPS) is 13.5. The highest BCUT2D eigenvalue weighted by Gasteiger charge is 2.35. The van der Waals surface area contributed by atoms with Crippen LogP contribution in [0.4, 0.5) is 13.2 Å². The predicted molar refractivity (Wildman–Crippen MR) is 114 cm³/mol. The molecule has 1 unspecified atom stereocenters. The van der Waals surface area contributed by atoms with E-state index in [1.165, 1.54) is 24.1 Å². The molecule has 0 aliphatic carbocycles. The van der Waals surface area contributed by atoms with Crippen LogP contribution in [0.5, 0.6) is 0 Å². The zero-order valence-corrected chi connectivity index (χ0v) is 18.6. The molecule has 2 heterocycles. The van der Waals surface area contributed by atoms with Crippen LogP contribution < -0.4 is 5.32 Å². The maximum absolute atomic E-state index is 13.5. The van der Waals surface area contributed by atoms with E-state index in [-0.39, 0.29) is 46.3 Å². The van der Waals surface area contributed by atoms with Crippen LogP contribution in [0.1, 0.15) is 61.8 Å². The number of aromatic nitrogens is 3. The summed E-state index contributed by atoms with van der Waals surface area (Å²) in [6, 6.07) is 8.76. The van der Waals surface area contributed by atoms with Gasteiger partial charge in [-0.2, -0.15) is 18.3 Å². The lowest BCUT2D eigenvalue weighted by Gasteiger charge is -2.20. The Morgan fingerprint density at radius 1 is 1.13 bits per heavy atom. The van der Waals surface area contributed by atoms with Gasteiger partial charge in [-0.3, -0.25) is 4.79 Å². The summed E-state index contributed by atoms with van der Waals surface area (Å²) in [5.41, 5.74) is 1.84. The molecule has 8 heteroatoms. The number of hydrogen-bond acceptors (Lipinski definition) is 3. The lowest BCUT2D eigenvalue weighted by Crippen LogP contribution is -2.30. The first kappa shape index (κ1) is 22.8. The summed E-state index contributed by atoms with van der Waals surface area (Å²) < 4.78 is 41.6. The van der Waals surface area contributed by atoms with Crippen LogP contribution in [-0.2, 0) is 22.9 Å². The molecule has 0 aliphatic heterocycles. The molecule has 31 heavy (non-hydrogen) atoms. The van der Waals surface area contributed by atoms with Gasteiger partial charge in [0.1, 0.15) is 6.54 Å². The maximum atomic E-state index is 13.5. The van der Waals surface area contributed by atoms with E-state index >= 15 is 0 Å². The minimum atomic E-state index is -4.53. The number of nitrogens with zero attached hydrogens (tertiary/aromatic N) is 3. The Kier molecular flexibility index (Phi) is 5.86. The molecule has 0 fully saturated rings. The van der Waals surface area contributed by atoms with Crippen LogP contribution in [0, 0.1) is 13.8 Å². The summed E-state index contributed by atoms with van der Waals surface area (Å²) in [6.07, 6.45) is -4.53. The number of fused-ring (bicyclic) bond motifs is 1. The SMILES string of the molecule is Cc1cc(C(F)(F)F)c2c(C)nn(CC(=O)NC(C)c3ccc(C(C)(C)C)cc3)c2n1. The monoisotopic (exact) mass is 432 g/mol. The smallest absolute Gasteiger partial charge is 0.348 e. The van der Waals surface area contributed by atoms with Gasteiger partial charge in [-0.25, -0.2) is 9.67 Å². The average molecular weight is 432 g/mol. The van der Waals surface area contributed by atoms with Gasteiger partial charge in [0, 0.05) is 5.69 Å². The predicted octanol–water partition coefficient (Wildman–Crippen LogP) is 5.24. The van der Waals surface area contributed by atoms with Gasteiger partial charge in [-0.1, -0.05) is 45.0 Å². The van der Waals surface area contributed by atoms with Crippen molar-refractivity contribution in [3.05, 3.63) is 58.4 Å². The van der Waals surface area contributed by atoms with Gasteiger partial charge in [0.05, 0.1) is 22.7 Å². The van der Waals surface area contributed by atoms with Gasteiger partial charge in [-0.05, 0) is 43.4 Å². The molecule has 0 saturated heterocycles. The number of hydrogen-bond donors (Lipinski definition) is 1. The van der Waals surface area contributed by atoms with Crippen molar-refractivity contribution >= 4 is 16.9 Å². The first-order valence-electron chi connectivity index (χ1n) is 10.1. The van der Waals surface area contributed by atoms with E-state index in [0.29, 0.717) is 0 Å². The van der Waals surface area contributed by atoms with Crippen molar-refractivity contribution in [3.63, 3.8) is 0 Å². The van der Waals surface area contributed by atoms with E-state index in [1.54, 1.807) is 0 Å². The van der Waals surface area contributed by atoms with Gasteiger partial charge in [-0.15, -0.1) is 0 Å². The Balaban J connectivity index is 1.81. The van der Waals surface area contributed by atoms with Crippen LogP contribution >= 0.6 is 0 Å². The molecule has 1 amide bonds. The van der Waals surface area contributed by atoms with Gasteiger partial charge in [0.25, 0.3) is 0 Å². The van der Waals surface area contributed by atoms with Crippen molar-refractivity contribution < 1.29 is 18.0 Å². The molecule has 3 rings (SSSR count).